The van der Waals surface area contributed by atoms with E-state index in [-0.39, 0.29) is 6.03 Å². The number of nitrogens with one attached hydrogen (secondary N) is 3. The number of aryl methyl sites for hydroxylation is 2. The molecule has 0 spiro atoms. The van der Waals surface area contributed by atoms with E-state index in [1.54, 1.807) is 23.3 Å². The van der Waals surface area contributed by atoms with Crippen LogP contribution in [0.2, 0.25) is 0 Å². The maximum absolute atomic E-state index is 13.4. The molecule has 0 bridgehead atoms. The Morgan fingerprint density at radius 2 is 1.70 bits per heavy atom. The van der Waals surface area contributed by atoms with Crippen molar-refractivity contribution in [2.24, 2.45) is 5.73 Å². The van der Waals surface area contributed by atoms with Crippen molar-refractivity contribution in [2.75, 3.05) is 16.0 Å². The average molecular weight is 628 g/mol. The third-order valence-electron chi connectivity index (χ3n) is 7.59. The second-order valence-corrected chi connectivity index (χ2v) is 11.2. The van der Waals surface area contributed by atoms with Gasteiger partial charge in [-0.05, 0) is 61.7 Å². The minimum atomic E-state index is -0.363. The molecule has 3 heterocycles. The highest BCUT2D eigenvalue weighted by Gasteiger charge is 2.15. The highest BCUT2D eigenvalue weighted by atomic mass is 16.5. The number of benzene rings is 3. The van der Waals surface area contributed by atoms with Crippen molar-refractivity contribution >= 4 is 39.9 Å². The lowest BCUT2D eigenvalue weighted by Gasteiger charge is -2.15. The van der Waals surface area contributed by atoms with Gasteiger partial charge >= 0.3 is 6.03 Å². The van der Waals surface area contributed by atoms with Crippen LogP contribution in [0.3, 0.4) is 0 Å². The lowest BCUT2D eigenvalue weighted by Crippen LogP contribution is -2.21. The normalized spacial score (nSPS) is 11.0. The highest BCUT2D eigenvalue weighted by molar-refractivity contribution is 6.07. The third kappa shape index (κ3) is 7.71. The summed E-state index contributed by atoms with van der Waals surface area (Å²) in [5.74, 6) is 2.49. The molecule has 2 amide bonds. The molecular weight excluding hydrogens is 590 g/mol. The molecule has 0 aliphatic carbocycles. The Labute approximate surface area is 273 Å². The number of hydrogen-bond donors (Lipinski definition) is 4. The van der Waals surface area contributed by atoms with Crippen molar-refractivity contribution in [2.45, 2.75) is 46.3 Å². The zero-order valence-corrected chi connectivity index (χ0v) is 26.4. The van der Waals surface area contributed by atoms with Crippen LogP contribution < -0.4 is 26.4 Å². The van der Waals surface area contributed by atoms with Crippen molar-refractivity contribution < 1.29 is 9.53 Å². The van der Waals surface area contributed by atoms with Crippen LogP contribution in [0, 0.1) is 6.92 Å². The monoisotopic (exact) mass is 627 g/mol. The Morgan fingerprint density at radius 1 is 0.872 bits per heavy atom. The fourth-order valence-corrected chi connectivity index (χ4v) is 5.11. The third-order valence-corrected chi connectivity index (χ3v) is 7.59. The molecule has 11 heteroatoms. The lowest BCUT2D eigenvalue weighted by molar-refractivity contribution is 0.262. The van der Waals surface area contributed by atoms with Crippen LogP contribution >= 0.6 is 0 Å². The number of carbonyl (C=O) groups is 1. The van der Waals surface area contributed by atoms with Gasteiger partial charge in [0.25, 0.3) is 0 Å². The number of nitrogens with zero attached hydrogens (tertiary/aromatic N) is 5. The number of urea groups is 1. The van der Waals surface area contributed by atoms with E-state index in [0.717, 1.165) is 52.5 Å². The first-order valence-corrected chi connectivity index (χ1v) is 15.6. The lowest BCUT2D eigenvalue weighted by atomic mass is 10.1. The number of anilines is 4. The molecule has 0 unspecified atom stereocenters. The first kappa shape index (κ1) is 31.2. The highest BCUT2D eigenvalue weighted by Crippen LogP contribution is 2.32. The summed E-state index contributed by atoms with van der Waals surface area (Å²) in [6, 6.07) is 25.0. The van der Waals surface area contributed by atoms with Crippen LogP contribution in [0.5, 0.6) is 5.75 Å². The van der Waals surface area contributed by atoms with E-state index < -0.39 is 0 Å². The van der Waals surface area contributed by atoms with E-state index in [0.29, 0.717) is 47.7 Å². The Balaban J connectivity index is 1.16. The predicted octanol–water partition coefficient (Wildman–Crippen LogP) is 7.29. The van der Waals surface area contributed by atoms with E-state index in [1.165, 1.54) is 0 Å². The molecule has 3 aromatic carbocycles. The number of fused-ring (bicyclic) bond motifs is 1. The summed E-state index contributed by atoms with van der Waals surface area (Å²) in [4.78, 5) is 26.3. The van der Waals surface area contributed by atoms with Crippen LogP contribution in [-0.4, -0.2) is 30.8 Å². The number of carbonyl (C=O) groups excluding carboxylic acids is 1. The summed E-state index contributed by atoms with van der Waals surface area (Å²) in [6.07, 6.45) is 7.90. The van der Waals surface area contributed by atoms with Crippen molar-refractivity contribution in [3.63, 3.8) is 0 Å². The zero-order valence-electron chi connectivity index (χ0n) is 26.4. The van der Waals surface area contributed by atoms with Crippen molar-refractivity contribution in [1.29, 1.82) is 0 Å². The first-order chi connectivity index (χ1) is 23.0. The summed E-state index contributed by atoms with van der Waals surface area (Å²) >= 11 is 0. The van der Waals surface area contributed by atoms with Gasteiger partial charge in [-0.1, -0.05) is 55.3 Å². The number of amides is 2. The van der Waals surface area contributed by atoms with Gasteiger partial charge in [0.1, 0.15) is 29.8 Å². The SMILES string of the molecule is CCCCc1cc(NC(=O)Nc2ccc(OCc3ccnc(Nc4cnc(CN)cn4)c3)c3ccccc23)n(-c2ccc(C)cc2)n1. The van der Waals surface area contributed by atoms with E-state index in [2.05, 4.69) is 37.8 Å². The number of nitrogens with two attached hydrogens (primary N) is 1. The Hall–Kier alpha value is -5.81. The summed E-state index contributed by atoms with van der Waals surface area (Å²) < 4.78 is 8.05. The average Bonchev–Trinajstić information content (AvgIpc) is 3.49. The summed E-state index contributed by atoms with van der Waals surface area (Å²) in [6.45, 7) is 4.84. The molecule has 6 aromatic rings. The van der Waals surface area contributed by atoms with E-state index in [9.17, 15) is 4.79 Å². The molecule has 238 valence electrons. The van der Waals surface area contributed by atoms with Gasteiger partial charge in [-0.3, -0.25) is 10.3 Å². The topological polar surface area (TPSA) is 145 Å². The van der Waals surface area contributed by atoms with Gasteiger partial charge in [-0.25, -0.2) is 19.4 Å². The van der Waals surface area contributed by atoms with Crippen LogP contribution in [0.1, 0.15) is 42.3 Å². The number of ether oxygens (including phenoxy) is 1. The van der Waals surface area contributed by atoms with Gasteiger partial charge in [-0.2, -0.15) is 5.10 Å². The predicted molar refractivity (Wildman–Crippen MR) is 185 cm³/mol. The first-order valence-electron chi connectivity index (χ1n) is 15.6. The number of hydrogen-bond acceptors (Lipinski definition) is 8. The standard InChI is InChI=1S/C36H37N9O2/c1-3-4-7-26-19-35(45(44-26)28-12-10-24(2)11-13-28)43-36(46)41-31-14-15-32(30-9-6-5-8-29(30)31)47-23-25-16-17-38-33(18-25)42-34-22-39-27(20-37)21-40-34/h5-6,8-19,21-22H,3-4,7,20,23,37H2,1-2H3,(H,38,40,42)(H2,41,43,46). The molecule has 0 radical (unpaired) electrons. The largest absolute Gasteiger partial charge is 0.488 e. The van der Waals surface area contributed by atoms with Gasteiger partial charge in [0.05, 0.1) is 35.2 Å². The minimum Gasteiger partial charge on any atom is -0.488 e. The molecule has 0 aliphatic heterocycles. The summed E-state index contributed by atoms with van der Waals surface area (Å²) in [5.41, 5.74) is 10.9. The van der Waals surface area contributed by atoms with Gasteiger partial charge in [0, 0.05) is 29.6 Å². The Kier molecular flexibility index (Phi) is 9.64. The van der Waals surface area contributed by atoms with E-state index >= 15 is 0 Å². The van der Waals surface area contributed by atoms with Crippen molar-refractivity contribution in [1.82, 2.24) is 24.7 Å². The molecule has 0 atom stereocenters. The fourth-order valence-electron chi connectivity index (χ4n) is 5.11. The molecule has 0 fully saturated rings. The van der Waals surface area contributed by atoms with Gasteiger partial charge in [-0.15, -0.1) is 0 Å². The molecule has 0 saturated carbocycles. The number of pyridine rings is 1. The second-order valence-electron chi connectivity index (χ2n) is 11.2. The van der Waals surface area contributed by atoms with E-state index in [4.69, 9.17) is 15.6 Å². The zero-order chi connectivity index (χ0) is 32.6. The van der Waals surface area contributed by atoms with Crippen molar-refractivity contribution in [3.05, 3.63) is 120 Å². The maximum Gasteiger partial charge on any atom is 0.324 e. The van der Waals surface area contributed by atoms with E-state index in [1.807, 2.05) is 85.8 Å². The fraction of sp³-hybridized carbons (Fsp3) is 0.194. The minimum absolute atomic E-state index is 0.315. The molecule has 3 aromatic heterocycles. The number of rotatable bonds is 12. The van der Waals surface area contributed by atoms with Crippen LogP contribution in [0.4, 0.5) is 27.9 Å². The molecule has 0 aliphatic rings. The molecule has 0 saturated heterocycles. The van der Waals surface area contributed by atoms with Crippen LogP contribution in [-0.2, 0) is 19.6 Å². The summed E-state index contributed by atoms with van der Waals surface area (Å²) in [7, 11) is 0. The van der Waals surface area contributed by atoms with Gasteiger partial charge < -0.3 is 21.1 Å². The van der Waals surface area contributed by atoms with Crippen molar-refractivity contribution in [3.8, 4) is 11.4 Å². The number of aromatic nitrogens is 5. The molecule has 47 heavy (non-hydrogen) atoms. The molecular formula is C36H37N9O2. The maximum atomic E-state index is 13.4. The number of unbranched alkanes of at least 4 members (excludes halogenated alkanes) is 1. The Morgan fingerprint density at radius 3 is 2.47 bits per heavy atom. The molecule has 5 N–H and O–H groups in total. The smallest absolute Gasteiger partial charge is 0.324 e. The second kappa shape index (κ2) is 14.5. The van der Waals surface area contributed by atoms with Gasteiger partial charge in [0.15, 0.2) is 0 Å². The molecule has 11 nitrogen and oxygen atoms in total. The summed E-state index contributed by atoms with van der Waals surface area (Å²) in [5, 5.41) is 15.7. The quantitative estimate of drug-likeness (QED) is 0.111. The van der Waals surface area contributed by atoms with Crippen LogP contribution in [0.25, 0.3) is 16.5 Å². The molecule has 6 rings (SSSR count). The van der Waals surface area contributed by atoms with Gasteiger partial charge in [0.2, 0.25) is 0 Å². The van der Waals surface area contributed by atoms with Crippen LogP contribution in [0.15, 0.2) is 97.5 Å². The Bertz CT molecular complexity index is 1970.